The first-order valence-electron chi connectivity index (χ1n) is 12.7. The smallest absolute Gasteiger partial charge is 0.420 e. The average molecular weight is 530 g/mol. The van der Waals surface area contributed by atoms with Gasteiger partial charge in [-0.2, -0.15) is 0 Å². The summed E-state index contributed by atoms with van der Waals surface area (Å²) in [6.07, 6.45) is 2.31. The van der Waals surface area contributed by atoms with E-state index in [4.69, 9.17) is 25.8 Å². The Balaban J connectivity index is 1.68. The van der Waals surface area contributed by atoms with Gasteiger partial charge >= 0.3 is 12.2 Å². The van der Waals surface area contributed by atoms with E-state index in [-0.39, 0.29) is 18.6 Å². The molecule has 9 heteroatoms. The molecule has 1 aromatic heterocycles. The van der Waals surface area contributed by atoms with E-state index in [9.17, 15) is 9.59 Å². The van der Waals surface area contributed by atoms with Gasteiger partial charge in [-0.1, -0.05) is 17.7 Å². The second-order valence-electron chi connectivity index (χ2n) is 11.6. The number of pyridine rings is 1. The van der Waals surface area contributed by atoms with Gasteiger partial charge in [-0.05, 0) is 90.5 Å². The van der Waals surface area contributed by atoms with Gasteiger partial charge < -0.3 is 19.1 Å². The first-order valence-corrected chi connectivity index (χ1v) is 13.0. The van der Waals surface area contributed by atoms with Crippen molar-refractivity contribution < 1.29 is 23.8 Å². The van der Waals surface area contributed by atoms with Crippen LogP contribution in [0.4, 0.5) is 21.1 Å². The van der Waals surface area contributed by atoms with Crippen LogP contribution in [0.1, 0.15) is 77.0 Å². The second kappa shape index (κ2) is 10.0. The topological polar surface area (TPSA) is 81.2 Å². The maximum Gasteiger partial charge on any atom is 0.420 e. The molecule has 0 bridgehead atoms. The predicted octanol–water partition coefficient (Wildman–Crippen LogP) is 7.12. The Hall–Kier alpha value is -3.00. The fourth-order valence-corrected chi connectivity index (χ4v) is 4.83. The molecule has 200 valence electrons. The Morgan fingerprint density at radius 2 is 1.65 bits per heavy atom. The number of piperidine rings is 1. The fourth-order valence-electron chi connectivity index (χ4n) is 4.63. The van der Waals surface area contributed by atoms with Crippen LogP contribution in [0.3, 0.4) is 0 Å². The van der Waals surface area contributed by atoms with E-state index >= 15 is 0 Å². The van der Waals surface area contributed by atoms with Crippen LogP contribution in [0.15, 0.2) is 24.4 Å². The van der Waals surface area contributed by atoms with E-state index in [1.165, 1.54) is 4.90 Å². The number of amides is 2. The van der Waals surface area contributed by atoms with Crippen LogP contribution < -0.4 is 9.64 Å². The summed E-state index contributed by atoms with van der Waals surface area (Å²) in [4.78, 5) is 33.8. The number of nitrogens with zero attached hydrogens (tertiary/aromatic N) is 3. The number of anilines is 2. The molecule has 0 atom stereocenters. The fraction of sp³-hybridized carbons (Fsp3) is 0.536. The zero-order chi connectivity index (χ0) is 27.1. The summed E-state index contributed by atoms with van der Waals surface area (Å²) in [6, 6.07) is 5.77. The molecule has 8 nitrogen and oxygen atoms in total. The summed E-state index contributed by atoms with van der Waals surface area (Å²) in [7, 11) is 0. The van der Waals surface area contributed by atoms with E-state index in [1.54, 1.807) is 17.2 Å². The normalized spacial score (nSPS) is 16.3. The number of carbonyl (C=O) groups excluding carboxylic acids is 2. The molecular weight excluding hydrogens is 494 g/mol. The number of likely N-dealkylation sites (tertiary alicyclic amines) is 1. The number of ether oxygens (including phenoxy) is 3. The molecule has 1 fully saturated rings. The van der Waals surface area contributed by atoms with Crippen LogP contribution >= 0.6 is 11.6 Å². The highest BCUT2D eigenvalue weighted by atomic mass is 35.5. The Bertz CT molecular complexity index is 1190. The summed E-state index contributed by atoms with van der Waals surface area (Å²) in [5.74, 6) is 1.20. The number of aromatic nitrogens is 1. The van der Waals surface area contributed by atoms with Gasteiger partial charge in [0.15, 0.2) is 5.82 Å². The molecule has 3 heterocycles. The molecule has 2 amide bonds. The van der Waals surface area contributed by atoms with Crippen molar-refractivity contribution in [3.05, 3.63) is 46.1 Å². The SMILES string of the molecule is Cc1cc(C2CCN(C(=O)OC(C)(C)C)CC2)cc2c1OCc1c(Cl)ccnc1N2C(=O)OC(C)(C)C. The van der Waals surface area contributed by atoms with Crippen LogP contribution in [-0.2, 0) is 16.1 Å². The van der Waals surface area contributed by atoms with E-state index in [2.05, 4.69) is 11.1 Å². The largest absolute Gasteiger partial charge is 0.486 e. The minimum atomic E-state index is -0.704. The molecule has 2 aliphatic rings. The highest BCUT2D eigenvalue weighted by Crippen LogP contribution is 2.45. The Labute approximate surface area is 223 Å². The summed E-state index contributed by atoms with van der Waals surface area (Å²) in [6.45, 7) is 14.4. The Morgan fingerprint density at radius 1 is 1.03 bits per heavy atom. The second-order valence-corrected chi connectivity index (χ2v) is 12.0. The molecule has 0 N–H and O–H groups in total. The van der Waals surface area contributed by atoms with Gasteiger partial charge in [0.25, 0.3) is 0 Å². The minimum Gasteiger partial charge on any atom is -0.486 e. The molecule has 0 unspecified atom stereocenters. The minimum absolute atomic E-state index is 0.183. The van der Waals surface area contributed by atoms with Crippen molar-refractivity contribution in [2.45, 2.75) is 85.0 Å². The van der Waals surface area contributed by atoms with Crippen molar-refractivity contribution >= 4 is 35.3 Å². The highest BCUT2D eigenvalue weighted by Gasteiger charge is 2.35. The van der Waals surface area contributed by atoms with Crippen molar-refractivity contribution in [3.8, 4) is 5.75 Å². The van der Waals surface area contributed by atoms with Gasteiger partial charge in [0.05, 0.1) is 16.3 Å². The Kier molecular flexibility index (Phi) is 7.34. The van der Waals surface area contributed by atoms with E-state index in [0.29, 0.717) is 40.9 Å². The quantitative estimate of drug-likeness (QED) is 0.391. The van der Waals surface area contributed by atoms with E-state index < -0.39 is 17.3 Å². The van der Waals surface area contributed by atoms with Crippen molar-refractivity contribution in [1.82, 2.24) is 9.88 Å². The molecule has 2 aromatic rings. The van der Waals surface area contributed by atoms with Crippen molar-refractivity contribution in [2.24, 2.45) is 0 Å². The van der Waals surface area contributed by atoms with E-state index in [1.807, 2.05) is 54.5 Å². The van der Waals surface area contributed by atoms with Crippen molar-refractivity contribution in [3.63, 3.8) is 0 Å². The number of halogens is 1. The molecule has 37 heavy (non-hydrogen) atoms. The summed E-state index contributed by atoms with van der Waals surface area (Å²) >= 11 is 6.49. The number of fused-ring (bicyclic) bond motifs is 2. The van der Waals surface area contributed by atoms with Crippen molar-refractivity contribution in [2.75, 3.05) is 18.0 Å². The third-order valence-corrected chi connectivity index (χ3v) is 6.62. The zero-order valence-electron chi connectivity index (χ0n) is 22.7. The molecule has 0 radical (unpaired) electrons. The molecule has 1 aromatic carbocycles. The maximum absolute atomic E-state index is 13.5. The van der Waals surface area contributed by atoms with Crippen LogP contribution in [0.25, 0.3) is 0 Å². The molecule has 2 aliphatic heterocycles. The lowest BCUT2D eigenvalue weighted by atomic mass is 9.88. The van der Waals surface area contributed by atoms with Crippen LogP contribution in [0.2, 0.25) is 5.02 Å². The number of aryl methyl sites for hydroxylation is 1. The molecule has 0 aliphatic carbocycles. The number of rotatable bonds is 1. The summed E-state index contributed by atoms with van der Waals surface area (Å²) in [5, 5.41) is 0.471. The lowest BCUT2D eigenvalue weighted by Gasteiger charge is -2.34. The average Bonchev–Trinajstić information content (AvgIpc) is 2.95. The van der Waals surface area contributed by atoms with Gasteiger partial charge in [-0.25, -0.2) is 19.5 Å². The van der Waals surface area contributed by atoms with Crippen molar-refractivity contribution in [1.29, 1.82) is 0 Å². The number of benzene rings is 1. The van der Waals surface area contributed by atoms with E-state index in [0.717, 1.165) is 24.0 Å². The van der Waals surface area contributed by atoms with Crippen LogP contribution in [-0.4, -0.2) is 46.4 Å². The molecule has 1 saturated heterocycles. The standard InChI is InChI=1S/C28H36ClN3O5/c1-17-14-19(18-9-12-31(13-10-18)25(33)36-27(2,3)4)15-22-23(17)35-16-20-21(29)8-11-30-24(20)32(22)26(34)37-28(5,6)7/h8,11,14-15,18H,9-10,12-13,16H2,1-7H3. The van der Waals surface area contributed by atoms with Gasteiger partial charge in [0, 0.05) is 19.3 Å². The monoisotopic (exact) mass is 529 g/mol. The van der Waals surface area contributed by atoms with Gasteiger partial charge in [-0.3, -0.25) is 0 Å². The first-order chi connectivity index (χ1) is 17.2. The molecule has 4 rings (SSSR count). The molecule has 0 spiro atoms. The Morgan fingerprint density at radius 3 is 2.27 bits per heavy atom. The third kappa shape index (κ3) is 6.12. The number of hydrogen-bond acceptors (Lipinski definition) is 6. The number of hydrogen-bond donors (Lipinski definition) is 0. The van der Waals surface area contributed by atoms with Crippen LogP contribution in [0, 0.1) is 6.92 Å². The summed E-state index contributed by atoms with van der Waals surface area (Å²) in [5.41, 5.74) is 1.94. The lowest BCUT2D eigenvalue weighted by molar-refractivity contribution is 0.0204. The van der Waals surface area contributed by atoms with Gasteiger partial charge in [0.1, 0.15) is 23.6 Å². The molecular formula is C28H36ClN3O5. The van der Waals surface area contributed by atoms with Gasteiger partial charge in [-0.15, -0.1) is 0 Å². The van der Waals surface area contributed by atoms with Crippen LogP contribution in [0.5, 0.6) is 5.75 Å². The lowest BCUT2D eigenvalue weighted by Crippen LogP contribution is -2.41. The molecule has 0 saturated carbocycles. The third-order valence-electron chi connectivity index (χ3n) is 6.26. The predicted molar refractivity (Wildman–Crippen MR) is 143 cm³/mol. The number of carbonyl (C=O) groups is 2. The first kappa shape index (κ1) is 27.0. The maximum atomic E-state index is 13.5. The summed E-state index contributed by atoms with van der Waals surface area (Å²) < 4.78 is 17.5. The highest BCUT2D eigenvalue weighted by molar-refractivity contribution is 6.31. The van der Waals surface area contributed by atoms with Gasteiger partial charge in [0.2, 0.25) is 0 Å². The zero-order valence-corrected chi connectivity index (χ0v) is 23.4.